The summed E-state index contributed by atoms with van der Waals surface area (Å²) in [6.45, 7) is 2.72. The van der Waals surface area contributed by atoms with Crippen LogP contribution >= 0.6 is 0 Å². The Bertz CT molecular complexity index is 311. The van der Waals surface area contributed by atoms with Gasteiger partial charge in [0.1, 0.15) is 5.78 Å². The Hall–Kier alpha value is -1.27. The van der Waals surface area contributed by atoms with Crippen molar-refractivity contribution < 1.29 is 14.6 Å². The third-order valence-electron chi connectivity index (χ3n) is 1.86. The molecule has 1 rings (SSSR count). The van der Waals surface area contributed by atoms with Crippen LogP contribution in [0.5, 0.6) is 0 Å². The lowest BCUT2D eigenvalue weighted by atomic mass is 10.3. The standard InChI is InChI=1S/C9H15N3O3/c1-8(14)2-5-15-7-9-6-10-11-12(9)3-4-13/h6,13H,2-5,7H2,1H3. The second-order valence-corrected chi connectivity index (χ2v) is 3.18. The highest BCUT2D eigenvalue weighted by Gasteiger charge is 2.03. The van der Waals surface area contributed by atoms with Gasteiger partial charge in [-0.05, 0) is 6.92 Å². The molecular weight excluding hydrogens is 198 g/mol. The van der Waals surface area contributed by atoms with E-state index in [0.29, 0.717) is 26.2 Å². The number of hydrogen-bond acceptors (Lipinski definition) is 5. The predicted octanol–water partition coefficient (Wildman–Crippen LogP) is -0.234. The molecule has 0 saturated heterocycles. The van der Waals surface area contributed by atoms with Crippen LogP contribution in [0.3, 0.4) is 0 Å². The Labute approximate surface area is 87.9 Å². The van der Waals surface area contributed by atoms with Crippen LogP contribution in [0.25, 0.3) is 0 Å². The Balaban J connectivity index is 2.30. The topological polar surface area (TPSA) is 77.2 Å². The smallest absolute Gasteiger partial charge is 0.132 e. The molecule has 0 atom stereocenters. The van der Waals surface area contributed by atoms with E-state index < -0.39 is 0 Å². The van der Waals surface area contributed by atoms with Gasteiger partial charge in [0.05, 0.1) is 38.3 Å². The summed E-state index contributed by atoms with van der Waals surface area (Å²) in [6.07, 6.45) is 2.00. The molecule has 0 aliphatic carbocycles. The molecule has 0 aromatic carbocycles. The van der Waals surface area contributed by atoms with Gasteiger partial charge in [-0.2, -0.15) is 0 Å². The van der Waals surface area contributed by atoms with Gasteiger partial charge in [0.2, 0.25) is 0 Å². The van der Waals surface area contributed by atoms with E-state index in [0.717, 1.165) is 5.69 Å². The van der Waals surface area contributed by atoms with Gasteiger partial charge >= 0.3 is 0 Å². The summed E-state index contributed by atoms with van der Waals surface area (Å²) in [7, 11) is 0. The average molecular weight is 213 g/mol. The molecule has 0 saturated carbocycles. The molecule has 1 heterocycles. The average Bonchev–Trinajstić information content (AvgIpc) is 2.61. The maximum atomic E-state index is 10.6. The number of ether oxygens (including phenoxy) is 1. The van der Waals surface area contributed by atoms with E-state index in [1.807, 2.05) is 0 Å². The fourth-order valence-electron chi connectivity index (χ4n) is 1.07. The Kier molecular flexibility index (Phi) is 4.92. The first-order valence-electron chi connectivity index (χ1n) is 4.79. The van der Waals surface area contributed by atoms with Crippen molar-refractivity contribution in [3.63, 3.8) is 0 Å². The second kappa shape index (κ2) is 6.26. The number of aliphatic hydroxyl groups excluding tert-OH is 1. The van der Waals surface area contributed by atoms with Crippen LogP contribution in [0.2, 0.25) is 0 Å². The van der Waals surface area contributed by atoms with Gasteiger partial charge in [-0.3, -0.25) is 4.79 Å². The molecule has 0 amide bonds. The van der Waals surface area contributed by atoms with Crippen LogP contribution in [-0.2, 0) is 22.7 Å². The van der Waals surface area contributed by atoms with Crippen LogP contribution in [0.1, 0.15) is 19.0 Å². The molecule has 0 spiro atoms. The molecule has 1 N–H and O–H groups in total. The van der Waals surface area contributed by atoms with Gasteiger partial charge in [-0.25, -0.2) is 4.68 Å². The minimum Gasteiger partial charge on any atom is -0.394 e. The van der Waals surface area contributed by atoms with Crippen molar-refractivity contribution in [3.8, 4) is 0 Å². The molecule has 84 valence electrons. The van der Waals surface area contributed by atoms with E-state index in [1.165, 1.54) is 6.92 Å². The molecule has 0 unspecified atom stereocenters. The van der Waals surface area contributed by atoms with Crippen LogP contribution < -0.4 is 0 Å². The van der Waals surface area contributed by atoms with Gasteiger partial charge in [-0.15, -0.1) is 5.10 Å². The Morgan fingerprint density at radius 2 is 2.47 bits per heavy atom. The molecule has 0 radical (unpaired) electrons. The van der Waals surface area contributed by atoms with Crippen molar-refractivity contribution in [1.82, 2.24) is 15.0 Å². The van der Waals surface area contributed by atoms with Gasteiger partial charge < -0.3 is 9.84 Å². The number of aliphatic hydroxyl groups is 1. The van der Waals surface area contributed by atoms with Gasteiger partial charge in [0.15, 0.2) is 0 Å². The van der Waals surface area contributed by atoms with Gasteiger partial charge in [0, 0.05) is 6.42 Å². The normalized spacial score (nSPS) is 10.5. The third kappa shape index (κ3) is 4.18. The summed E-state index contributed by atoms with van der Waals surface area (Å²) in [5.41, 5.74) is 0.799. The number of carbonyl (C=O) groups is 1. The number of Topliss-reactive ketones (excluding diaryl/α,β-unsaturated/α-hetero) is 1. The minimum atomic E-state index is 0.0177. The number of aromatic nitrogens is 3. The van der Waals surface area contributed by atoms with Crippen molar-refractivity contribution >= 4 is 5.78 Å². The minimum absolute atomic E-state index is 0.0177. The molecule has 0 bridgehead atoms. The monoisotopic (exact) mass is 213 g/mol. The molecule has 0 aliphatic rings. The number of rotatable bonds is 7. The first-order valence-corrected chi connectivity index (χ1v) is 4.79. The summed E-state index contributed by atoms with van der Waals surface area (Å²) in [4.78, 5) is 10.6. The summed E-state index contributed by atoms with van der Waals surface area (Å²) in [6, 6.07) is 0. The molecule has 1 aromatic heterocycles. The number of ketones is 1. The van der Waals surface area contributed by atoms with Crippen LogP contribution in [0.4, 0.5) is 0 Å². The zero-order valence-electron chi connectivity index (χ0n) is 8.72. The lowest BCUT2D eigenvalue weighted by Crippen LogP contribution is -2.10. The lowest BCUT2D eigenvalue weighted by Gasteiger charge is -2.04. The van der Waals surface area contributed by atoms with Crippen molar-refractivity contribution in [2.75, 3.05) is 13.2 Å². The van der Waals surface area contributed by atoms with E-state index in [9.17, 15) is 4.79 Å². The summed E-state index contributed by atoms with van der Waals surface area (Å²) in [5, 5.41) is 16.2. The summed E-state index contributed by atoms with van der Waals surface area (Å²) >= 11 is 0. The molecule has 6 heteroatoms. The fourth-order valence-corrected chi connectivity index (χ4v) is 1.07. The zero-order chi connectivity index (χ0) is 11.1. The highest BCUT2D eigenvalue weighted by molar-refractivity contribution is 5.75. The highest BCUT2D eigenvalue weighted by atomic mass is 16.5. The maximum absolute atomic E-state index is 10.6. The van der Waals surface area contributed by atoms with Crippen molar-refractivity contribution in [1.29, 1.82) is 0 Å². The fraction of sp³-hybridized carbons (Fsp3) is 0.667. The van der Waals surface area contributed by atoms with E-state index in [4.69, 9.17) is 9.84 Å². The SMILES string of the molecule is CC(=O)CCOCc1cnnn1CCO. The van der Waals surface area contributed by atoms with Crippen LogP contribution in [0, 0.1) is 0 Å². The lowest BCUT2D eigenvalue weighted by molar-refractivity contribution is -0.118. The van der Waals surface area contributed by atoms with E-state index >= 15 is 0 Å². The molecule has 0 fully saturated rings. The predicted molar refractivity (Wildman–Crippen MR) is 52.1 cm³/mol. The van der Waals surface area contributed by atoms with E-state index in [-0.39, 0.29) is 12.4 Å². The van der Waals surface area contributed by atoms with Gasteiger partial charge in [-0.1, -0.05) is 5.21 Å². The molecule has 1 aromatic rings. The third-order valence-corrected chi connectivity index (χ3v) is 1.86. The highest BCUT2D eigenvalue weighted by Crippen LogP contribution is 1.99. The quantitative estimate of drug-likeness (QED) is 0.633. The van der Waals surface area contributed by atoms with Gasteiger partial charge in [0.25, 0.3) is 0 Å². The second-order valence-electron chi connectivity index (χ2n) is 3.18. The van der Waals surface area contributed by atoms with E-state index in [1.54, 1.807) is 10.9 Å². The van der Waals surface area contributed by atoms with Crippen LogP contribution in [-0.4, -0.2) is 39.1 Å². The maximum Gasteiger partial charge on any atom is 0.132 e. The van der Waals surface area contributed by atoms with E-state index in [2.05, 4.69) is 10.3 Å². The van der Waals surface area contributed by atoms with Crippen molar-refractivity contribution in [2.45, 2.75) is 26.5 Å². The number of hydrogen-bond donors (Lipinski definition) is 1. The first kappa shape index (κ1) is 11.8. The number of nitrogens with zero attached hydrogens (tertiary/aromatic N) is 3. The molecular formula is C9H15N3O3. The summed E-state index contributed by atoms with van der Waals surface area (Å²) < 4.78 is 6.85. The Morgan fingerprint density at radius 1 is 1.67 bits per heavy atom. The molecule has 0 aliphatic heterocycles. The summed E-state index contributed by atoms with van der Waals surface area (Å²) in [5.74, 6) is 0.108. The largest absolute Gasteiger partial charge is 0.394 e. The molecule has 6 nitrogen and oxygen atoms in total. The molecule has 15 heavy (non-hydrogen) atoms. The Morgan fingerprint density at radius 3 is 3.13 bits per heavy atom. The zero-order valence-corrected chi connectivity index (χ0v) is 8.72. The van der Waals surface area contributed by atoms with Crippen molar-refractivity contribution in [2.24, 2.45) is 0 Å². The van der Waals surface area contributed by atoms with Crippen LogP contribution in [0.15, 0.2) is 6.20 Å². The number of carbonyl (C=O) groups excluding carboxylic acids is 1. The first-order chi connectivity index (χ1) is 7.24. The van der Waals surface area contributed by atoms with Crippen molar-refractivity contribution in [3.05, 3.63) is 11.9 Å².